The third-order valence-corrected chi connectivity index (χ3v) is 4.79. The number of carbonyl (C=O) groups is 6. The van der Waals surface area contributed by atoms with E-state index >= 15 is 0 Å². The first-order valence-electron chi connectivity index (χ1n) is 10.4. The van der Waals surface area contributed by atoms with Gasteiger partial charge in [-0.25, -0.2) is 9.59 Å². The molecule has 32 heavy (non-hydrogen) atoms. The number of carboxylic acid groups (broad SMARTS) is 1. The summed E-state index contributed by atoms with van der Waals surface area (Å²) in [5.74, 6) is -3.30. The minimum Gasteiger partial charge on any atom is -0.480 e. The molecule has 1 aliphatic rings. The van der Waals surface area contributed by atoms with Crippen molar-refractivity contribution >= 4 is 35.6 Å². The smallest absolute Gasteiger partial charge is 0.326 e. The van der Waals surface area contributed by atoms with Crippen molar-refractivity contribution in [3.63, 3.8) is 0 Å². The normalized spacial score (nSPS) is 14.9. The lowest BCUT2D eigenvalue weighted by Gasteiger charge is -2.24. The maximum atomic E-state index is 12.6. The Morgan fingerprint density at radius 2 is 1.66 bits per heavy atom. The number of aliphatic carboxylic acids is 1. The molecule has 1 aliphatic heterocycles. The highest BCUT2D eigenvalue weighted by Crippen LogP contribution is 2.08. The SMILES string of the molecule is CC(C)[C@H](NC(=O)CCCCN1C(=O)C=CC1=O)C(=O)N[C@@H](CCCNC(N)=O)C(=O)O. The molecule has 0 spiro atoms. The molecule has 0 aromatic rings. The maximum Gasteiger partial charge on any atom is 0.326 e. The first kappa shape index (κ1) is 26.6. The molecule has 0 bridgehead atoms. The van der Waals surface area contributed by atoms with Crippen LogP contribution in [0.5, 0.6) is 0 Å². The summed E-state index contributed by atoms with van der Waals surface area (Å²) in [6, 6.07) is -2.84. The first-order valence-corrected chi connectivity index (χ1v) is 10.4. The summed E-state index contributed by atoms with van der Waals surface area (Å²) in [5, 5.41) is 16.7. The average Bonchev–Trinajstić information content (AvgIpc) is 3.02. The quantitative estimate of drug-likeness (QED) is 0.169. The minimum atomic E-state index is -1.23. The summed E-state index contributed by atoms with van der Waals surface area (Å²) < 4.78 is 0. The topological polar surface area (TPSA) is 188 Å². The monoisotopic (exact) mass is 453 g/mol. The van der Waals surface area contributed by atoms with Crippen LogP contribution in [0.1, 0.15) is 46.0 Å². The Morgan fingerprint density at radius 1 is 1.03 bits per heavy atom. The number of carboxylic acids is 1. The van der Waals surface area contributed by atoms with Crippen LogP contribution in [0.3, 0.4) is 0 Å². The predicted octanol–water partition coefficient (Wildman–Crippen LogP) is -0.760. The van der Waals surface area contributed by atoms with Gasteiger partial charge in [-0.1, -0.05) is 13.8 Å². The van der Waals surface area contributed by atoms with Gasteiger partial charge in [-0.2, -0.15) is 0 Å². The maximum absolute atomic E-state index is 12.6. The number of hydrogen-bond acceptors (Lipinski definition) is 6. The van der Waals surface area contributed by atoms with E-state index < -0.39 is 35.9 Å². The molecule has 12 nitrogen and oxygen atoms in total. The number of carbonyl (C=O) groups excluding carboxylic acids is 5. The molecular weight excluding hydrogens is 422 g/mol. The molecule has 0 fully saturated rings. The van der Waals surface area contributed by atoms with Gasteiger partial charge in [0.15, 0.2) is 0 Å². The van der Waals surface area contributed by atoms with Crippen molar-refractivity contribution < 1.29 is 33.9 Å². The van der Waals surface area contributed by atoms with Crippen molar-refractivity contribution in [3.8, 4) is 0 Å². The van der Waals surface area contributed by atoms with E-state index in [-0.39, 0.29) is 50.1 Å². The van der Waals surface area contributed by atoms with Crippen LogP contribution in [0.2, 0.25) is 0 Å². The van der Waals surface area contributed by atoms with Crippen LogP contribution >= 0.6 is 0 Å². The Kier molecular flexibility index (Phi) is 10.9. The Bertz CT molecular complexity index is 747. The van der Waals surface area contributed by atoms with E-state index in [4.69, 9.17) is 5.73 Å². The van der Waals surface area contributed by atoms with Gasteiger partial charge >= 0.3 is 12.0 Å². The van der Waals surface area contributed by atoms with Gasteiger partial charge in [0.05, 0.1) is 0 Å². The van der Waals surface area contributed by atoms with Crippen molar-refractivity contribution in [2.24, 2.45) is 11.7 Å². The summed E-state index contributed by atoms with van der Waals surface area (Å²) in [7, 11) is 0. The molecule has 0 saturated heterocycles. The van der Waals surface area contributed by atoms with Crippen molar-refractivity contribution in [2.75, 3.05) is 13.1 Å². The molecule has 2 atom stereocenters. The molecule has 1 heterocycles. The molecule has 1 rings (SSSR count). The molecule has 0 radical (unpaired) electrons. The summed E-state index contributed by atoms with van der Waals surface area (Å²) in [6.07, 6.45) is 3.67. The highest BCUT2D eigenvalue weighted by atomic mass is 16.4. The molecule has 0 aromatic carbocycles. The first-order chi connectivity index (χ1) is 15.0. The number of nitrogens with zero attached hydrogens (tertiary/aromatic N) is 1. The summed E-state index contributed by atoms with van der Waals surface area (Å²) in [6.45, 7) is 3.81. The highest BCUT2D eigenvalue weighted by Gasteiger charge is 2.28. The summed E-state index contributed by atoms with van der Waals surface area (Å²) in [4.78, 5) is 71.0. The van der Waals surface area contributed by atoms with Gasteiger partial charge in [0.25, 0.3) is 11.8 Å². The van der Waals surface area contributed by atoms with E-state index in [9.17, 15) is 33.9 Å². The van der Waals surface area contributed by atoms with Gasteiger partial charge in [-0.3, -0.25) is 24.1 Å². The molecule has 0 unspecified atom stereocenters. The fraction of sp³-hybridized carbons (Fsp3) is 0.600. The van der Waals surface area contributed by atoms with Crippen molar-refractivity contribution in [3.05, 3.63) is 12.2 Å². The molecule has 0 aliphatic carbocycles. The van der Waals surface area contributed by atoms with Crippen LogP contribution in [-0.4, -0.2) is 70.8 Å². The fourth-order valence-electron chi connectivity index (χ4n) is 3.02. The van der Waals surface area contributed by atoms with Gasteiger partial charge < -0.3 is 26.8 Å². The van der Waals surface area contributed by atoms with E-state index in [1.54, 1.807) is 13.8 Å². The molecule has 0 aromatic heterocycles. The van der Waals surface area contributed by atoms with Crippen LogP contribution in [0.25, 0.3) is 0 Å². The van der Waals surface area contributed by atoms with E-state index in [0.717, 1.165) is 4.90 Å². The van der Waals surface area contributed by atoms with Crippen LogP contribution in [0, 0.1) is 5.92 Å². The molecule has 6 N–H and O–H groups in total. The Hall–Kier alpha value is -3.44. The number of urea groups is 1. The number of unbranched alkanes of at least 4 members (excludes halogenated alkanes) is 1. The third-order valence-electron chi connectivity index (χ3n) is 4.79. The second-order valence-corrected chi connectivity index (χ2v) is 7.74. The zero-order chi connectivity index (χ0) is 24.3. The molecule has 178 valence electrons. The van der Waals surface area contributed by atoms with Gasteiger partial charge in [-0.05, 0) is 31.6 Å². The van der Waals surface area contributed by atoms with E-state index in [2.05, 4.69) is 16.0 Å². The number of nitrogens with two attached hydrogens (primary N) is 1. The van der Waals surface area contributed by atoms with Crippen molar-refractivity contribution in [1.82, 2.24) is 20.9 Å². The number of primary amides is 1. The highest BCUT2D eigenvalue weighted by molar-refractivity contribution is 6.12. The predicted molar refractivity (Wildman–Crippen MR) is 113 cm³/mol. The minimum absolute atomic E-state index is 0.0723. The molecule has 0 saturated carbocycles. The van der Waals surface area contributed by atoms with Crippen LogP contribution in [0.15, 0.2) is 12.2 Å². The van der Waals surface area contributed by atoms with E-state index in [0.29, 0.717) is 12.8 Å². The number of nitrogens with one attached hydrogen (secondary N) is 3. The van der Waals surface area contributed by atoms with Crippen molar-refractivity contribution in [2.45, 2.75) is 58.0 Å². The lowest BCUT2D eigenvalue weighted by molar-refractivity contribution is -0.142. The molecule has 12 heteroatoms. The lowest BCUT2D eigenvalue weighted by atomic mass is 10.0. The van der Waals surface area contributed by atoms with E-state index in [1.165, 1.54) is 12.2 Å². The van der Waals surface area contributed by atoms with Gasteiger partial charge in [0.1, 0.15) is 12.1 Å². The summed E-state index contributed by atoms with van der Waals surface area (Å²) >= 11 is 0. The van der Waals surface area contributed by atoms with Crippen molar-refractivity contribution in [1.29, 1.82) is 0 Å². The second kappa shape index (κ2) is 13.1. The lowest BCUT2D eigenvalue weighted by Crippen LogP contribution is -2.53. The zero-order valence-corrected chi connectivity index (χ0v) is 18.3. The number of amides is 6. The number of imide groups is 1. The Labute approximate surface area is 185 Å². The number of hydrogen-bond donors (Lipinski definition) is 5. The fourth-order valence-corrected chi connectivity index (χ4v) is 3.02. The number of rotatable bonds is 14. The van der Waals surface area contributed by atoms with Gasteiger partial charge in [-0.15, -0.1) is 0 Å². The largest absolute Gasteiger partial charge is 0.480 e. The Morgan fingerprint density at radius 3 is 2.19 bits per heavy atom. The molecule has 6 amide bonds. The van der Waals surface area contributed by atoms with Crippen LogP contribution in [-0.2, 0) is 24.0 Å². The van der Waals surface area contributed by atoms with E-state index in [1.807, 2.05) is 0 Å². The van der Waals surface area contributed by atoms with Crippen LogP contribution in [0.4, 0.5) is 4.79 Å². The zero-order valence-electron chi connectivity index (χ0n) is 18.3. The second-order valence-electron chi connectivity index (χ2n) is 7.74. The Balaban J connectivity index is 2.48. The van der Waals surface area contributed by atoms with Crippen LogP contribution < -0.4 is 21.7 Å². The molecular formula is C20H31N5O7. The average molecular weight is 453 g/mol. The summed E-state index contributed by atoms with van der Waals surface area (Å²) in [5.41, 5.74) is 4.95. The van der Waals surface area contributed by atoms with Gasteiger partial charge in [0, 0.05) is 31.7 Å². The van der Waals surface area contributed by atoms with Gasteiger partial charge in [0.2, 0.25) is 11.8 Å². The third kappa shape index (κ3) is 9.14. The standard InChI is InChI=1S/C20H31N5O7/c1-12(2)17(18(29)23-13(19(30)31)6-5-10-22-20(21)32)24-14(26)7-3-4-11-25-15(27)8-9-16(25)28/h8-9,12-13,17H,3-7,10-11H2,1-2H3,(H,23,29)(H,24,26)(H,30,31)(H3,21,22,32)/t13-,17-/m0/s1.